The van der Waals surface area contributed by atoms with E-state index in [1.807, 2.05) is 6.26 Å². The summed E-state index contributed by atoms with van der Waals surface area (Å²) in [5.41, 5.74) is 3.44. The van der Waals surface area contributed by atoms with Crippen LogP contribution < -0.4 is 5.73 Å². The topological polar surface area (TPSA) is 92.8 Å². The van der Waals surface area contributed by atoms with Crippen LogP contribution in [0, 0.1) is 0 Å². The molecule has 0 bridgehead atoms. The van der Waals surface area contributed by atoms with Gasteiger partial charge in [0, 0.05) is 19.3 Å². The second-order valence-corrected chi connectivity index (χ2v) is 5.20. The number of nitrogens with two attached hydrogens (primary N) is 1. The maximum absolute atomic E-state index is 11.6. The molecule has 94 valence electrons. The zero-order chi connectivity index (χ0) is 12.2. The fraction of sp³-hybridized carbons (Fsp3) is 0.900. The smallest absolute Gasteiger partial charge is 0.355 e. The number of rotatable bonds is 5. The van der Waals surface area contributed by atoms with E-state index in [1.54, 1.807) is 0 Å². The summed E-state index contributed by atoms with van der Waals surface area (Å²) >= 11 is 1.48. The molecule has 0 aromatic rings. The number of carbonyl (C=O) groups is 1. The minimum absolute atomic E-state index is 0.114. The number of carbonyl (C=O) groups excluding carboxylic acids is 1. The van der Waals surface area contributed by atoms with E-state index in [0.717, 1.165) is 12.8 Å². The molecule has 1 rings (SSSR count). The molecular formula is C10H19NO4S. The molecule has 4 N–H and O–H groups in total. The highest BCUT2D eigenvalue weighted by Crippen LogP contribution is 2.31. The molecule has 0 amide bonds. The van der Waals surface area contributed by atoms with Gasteiger partial charge < -0.3 is 14.9 Å². The minimum atomic E-state index is -2.00. The second kappa shape index (κ2) is 5.35. The van der Waals surface area contributed by atoms with Crippen molar-refractivity contribution in [3.8, 4) is 0 Å². The van der Waals surface area contributed by atoms with Crippen LogP contribution in [-0.2, 0) is 9.53 Å². The monoisotopic (exact) mass is 249 g/mol. The Balaban J connectivity index is 2.50. The van der Waals surface area contributed by atoms with E-state index in [-0.39, 0.29) is 6.42 Å². The summed E-state index contributed by atoms with van der Waals surface area (Å²) < 4.78 is 4.89. The summed E-state index contributed by atoms with van der Waals surface area (Å²) in [5, 5.41) is 19.5. The van der Waals surface area contributed by atoms with Gasteiger partial charge in [0.1, 0.15) is 0 Å². The van der Waals surface area contributed by atoms with Crippen molar-refractivity contribution in [2.24, 2.45) is 5.73 Å². The van der Waals surface area contributed by atoms with E-state index in [2.05, 4.69) is 0 Å². The lowest BCUT2D eigenvalue weighted by Gasteiger charge is -2.28. The zero-order valence-corrected chi connectivity index (χ0v) is 10.3. The molecule has 0 heterocycles. The number of esters is 1. The first-order valence-corrected chi connectivity index (χ1v) is 6.75. The van der Waals surface area contributed by atoms with Gasteiger partial charge in [-0.1, -0.05) is 0 Å². The Morgan fingerprint density at radius 1 is 1.56 bits per heavy atom. The average Bonchev–Trinajstić information content (AvgIpc) is 2.62. The van der Waals surface area contributed by atoms with Gasteiger partial charge in [-0.15, -0.1) is 0 Å². The molecular weight excluding hydrogens is 230 g/mol. The summed E-state index contributed by atoms with van der Waals surface area (Å²) in [6.07, 6.45) is 4.43. The maximum Gasteiger partial charge on any atom is 0.355 e. The molecule has 0 aromatic heterocycles. The van der Waals surface area contributed by atoms with Crippen molar-refractivity contribution in [2.75, 3.05) is 12.0 Å². The number of thioether (sulfide) groups is 1. The van der Waals surface area contributed by atoms with Crippen LogP contribution in [0.25, 0.3) is 0 Å². The third-order valence-electron chi connectivity index (χ3n) is 2.71. The summed E-state index contributed by atoms with van der Waals surface area (Å²) in [5.74, 6) is -1.81. The lowest BCUT2D eigenvalue weighted by molar-refractivity contribution is -0.222. The first-order valence-electron chi connectivity index (χ1n) is 5.36. The number of ether oxygens (including phenoxy) is 1. The highest BCUT2D eigenvalue weighted by atomic mass is 32.2. The fourth-order valence-electron chi connectivity index (χ4n) is 1.65. The van der Waals surface area contributed by atoms with E-state index in [0.29, 0.717) is 18.6 Å². The molecule has 0 radical (unpaired) electrons. The van der Waals surface area contributed by atoms with Crippen molar-refractivity contribution in [1.29, 1.82) is 0 Å². The first-order chi connectivity index (χ1) is 7.40. The van der Waals surface area contributed by atoms with Gasteiger partial charge in [0.25, 0.3) is 0 Å². The van der Waals surface area contributed by atoms with Gasteiger partial charge in [0.15, 0.2) is 0 Å². The number of hydrogen-bond acceptors (Lipinski definition) is 6. The average molecular weight is 249 g/mol. The van der Waals surface area contributed by atoms with Crippen LogP contribution in [0.15, 0.2) is 0 Å². The van der Waals surface area contributed by atoms with E-state index in [9.17, 15) is 15.0 Å². The van der Waals surface area contributed by atoms with Crippen LogP contribution in [-0.4, -0.2) is 39.7 Å². The summed E-state index contributed by atoms with van der Waals surface area (Å²) in [6.45, 7) is 0. The molecule has 1 aliphatic rings. The molecule has 0 saturated heterocycles. The lowest BCUT2D eigenvalue weighted by Crippen LogP contribution is -2.52. The van der Waals surface area contributed by atoms with Crippen molar-refractivity contribution in [1.82, 2.24) is 0 Å². The van der Waals surface area contributed by atoms with Gasteiger partial charge in [-0.25, -0.2) is 4.79 Å². The Morgan fingerprint density at radius 3 is 2.62 bits per heavy atom. The van der Waals surface area contributed by atoms with E-state index < -0.39 is 17.5 Å². The largest absolute Gasteiger partial charge is 0.430 e. The molecule has 6 heteroatoms. The molecule has 1 atom stereocenters. The SMILES string of the molecule is CSCCC(N)(O)C(=O)OC1(O)CCCC1. The van der Waals surface area contributed by atoms with Gasteiger partial charge in [-0.2, -0.15) is 11.8 Å². The Hall–Kier alpha value is -0.300. The highest BCUT2D eigenvalue weighted by Gasteiger charge is 2.41. The zero-order valence-electron chi connectivity index (χ0n) is 9.44. The molecule has 0 spiro atoms. The van der Waals surface area contributed by atoms with Crippen molar-refractivity contribution in [3.63, 3.8) is 0 Å². The van der Waals surface area contributed by atoms with E-state index in [1.165, 1.54) is 11.8 Å². The van der Waals surface area contributed by atoms with Crippen molar-refractivity contribution in [2.45, 2.75) is 43.6 Å². The van der Waals surface area contributed by atoms with Crippen molar-refractivity contribution >= 4 is 17.7 Å². The quantitative estimate of drug-likeness (QED) is 0.476. The number of hydrogen-bond donors (Lipinski definition) is 3. The minimum Gasteiger partial charge on any atom is -0.430 e. The fourth-order valence-corrected chi connectivity index (χ4v) is 2.17. The van der Waals surface area contributed by atoms with Crippen LogP contribution in [0.1, 0.15) is 32.1 Å². The van der Waals surface area contributed by atoms with Gasteiger partial charge in [-0.3, -0.25) is 5.73 Å². The predicted octanol–water partition coefficient (Wildman–Crippen LogP) is 0.193. The molecule has 1 unspecified atom stereocenters. The Labute approximate surface area is 99.3 Å². The molecule has 1 aliphatic carbocycles. The standard InChI is InChI=1S/C10H19NO4S/c1-16-7-6-10(11,14)8(12)15-9(13)4-2-3-5-9/h13-14H,2-7,11H2,1H3. The maximum atomic E-state index is 11.6. The van der Waals surface area contributed by atoms with Crippen molar-refractivity contribution in [3.05, 3.63) is 0 Å². The first kappa shape index (κ1) is 13.8. The van der Waals surface area contributed by atoms with Crippen LogP contribution in [0.3, 0.4) is 0 Å². The highest BCUT2D eigenvalue weighted by molar-refractivity contribution is 7.98. The molecule has 5 nitrogen and oxygen atoms in total. The Kier molecular flexibility index (Phi) is 4.61. The van der Waals surface area contributed by atoms with Crippen LogP contribution >= 0.6 is 11.8 Å². The normalized spacial score (nSPS) is 22.8. The predicted molar refractivity (Wildman–Crippen MR) is 61.6 cm³/mol. The van der Waals surface area contributed by atoms with Crippen LogP contribution in [0.5, 0.6) is 0 Å². The van der Waals surface area contributed by atoms with Crippen molar-refractivity contribution < 1.29 is 19.7 Å². The van der Waals surface area contributed by atoms with Crippen LogP contribution in [0.2, 0.25) is 0 Å². The second-order valence-electron chi connectivity index (χ2n) is 4.21. The van der Waals surface area contributed by atoms with E-state index >= 15 is 0 Å². The molecule has 16 heavy (non-hydrogen) atoms. The molecule has 1 fully saturated rings. The summed E-state index contributed by atoms with van der Waals surface area (Å²) in [7, 11) is 0. The molecule has 0 aliphatic heterocycles. The lowest BCUT2D eigenvalue weighted by atomic mass is 10.1. The summed E-state index contributed by atoms with van der Waals surface area (Å²) in [6, 6.07) is 0. The van der Waals surface area contributed by atoms with Gasteiger partial charge in [0.05, 0.1) is 0 Å². The summed E-state index contributed by atoms with van der Waals surface area (Å²) in [4.78, 5) is 11.6. The van der Waals surface area contributed by atoms with Gasteiger partial charge in [-0.05, 0) is 24.9 Å². The van der Waals surface area contributed by atoms with E-state index in [4.69, 9.17) is 10.5 Å². The van der Waals surface area contributed by atoms with Gasteiger partial charge >= 0.3 is 5.97 Å². The molecule has 1 saturated carbocycles. The molecule has 0 aromatic carbocycles. The Bertz CT molecular complexity index is 251. The Morgan fingerprint density at radius 2 is 2.12 bits per heavy atom. The van der Waals surface area contributed by atoms with Gasteiger partial charge in [0.2, 0.25) is 11.5 Å². The van der Waals surface area contributed by atoms with Crippen LogP contribution in [0.4, 0.5) is 0 Å². The third-order valence-corrected chi connectivity index (χ3v) is 3.32. The third kappa shape index (κ3) is 3.62. The number of aliphatic hydroxyl groups is 2.